The first kappa shape index (κ1) is 14.6. The average molecular weight is 251 g/mol. The Morgan fingerprint density at radius 1 is 1.44 bits per heavy atom. The van der Waals surface area contributed by atoms with Crippen LogP contribution in [0.15, 0.2) is 24.3 Å². The minimum absolute atomic E-state index is 0.0468. The summed E-state index contributed by atoms with van der Waals surface area (Å²) < 4.78 is 4.96. The van der Waals surface area contributed by atoms with Gasteiger partial charge in [0.05, 0.1) is 13.2 Å². The van der Waals surface area contributed by atoms with Crippen molar-refractivity contribution in [2.45, 2.75) is 6.54 Å². The van der Waals surface area contributed by atoms with Crippen molar-refractivity contribution in [3.05, 3.63) is 29.8 Å². The SMILES string of the molecule is COCCN(C)CC(=O)Nc1ccccc1CN. The summed E-state index contributed by atoms with van der Waals surface area (Å²) >= 11 is 0. The molecule has 0 spiro atoms. The van der Waals surface area contributed by atoms with Crippen LogP contribution in [0.2, 0.25) is 0 Å². The first-order chi connectivity index (χ1) is 8.67. The van der Waals surface area contributed by atoms with Crippen LogP contribution in [0, 0.1) is 0 Å². The van der Waals surface area contributed by atoms with Gasteiger partial charge in [-0.3, -0.25) is 9.69 Å². The molecule has 0 heterocycles. The molecule has 5 heteroatoms. The average Bonchev–Trinajstić information content (AvgIpc) is 2.36. The standard InChI is InChI=1S/C13H21N3O2/c1-16(7-8-18-2)10-13(17)15-12-6-4-3-5-11(12)9-14/h3-6H,7-10,14H2,1-2H3,(H,15,17). The number of hydrogen-bond donors (Lipinski definition) is 2. The number of anilines is 1. The fraction of sp³-hybridized carbons (Fsp3) is 0.462. The number of para-hydroxylation sites is 1. The molecule has 0 aliphatic carbocycles. The van der Waals surface area contributed by atoms with E-state index in [2.05, 4.69) is 5.32 Å². The zero-order chi connectivity index (χ0) is 13.4. The Balaban J connectivity index is 2.49. The maximum atomic E-state index is 11.8. The van der Waals surface area contributed by atoms with Crippen molar-refractivity contribution >= 4 is 11.6 Å². The van der Waals surface area contributed by atoms with Crippen molar-refractivity contribution < 1.29 is 9.53 Å². The van der Waals surface area contributed by atoms with Gasteiger partial charge in [-0.2, -0.15) is 0 Å². The monoisotopic (exact) mass is 251 g/mol. The van der Waals surface area contributed by atoms with Gasteiger partial charge in [-0.1, -0.05) is 18.2 Å². The highest BCUT2D eigenvalue weighted by molar-refractivity contribution is 5.92. The first-order valence-corrected chi connectivity index (χ1v) is 5.92. The number of methoxy groups -OCH3 is 1. The predicted molar refractivity (Wildman–Crippen MR) is 72.3 cm³/mol. The zero-order valence-electron chi connectivity index (χ0n) is 11.0. The largest absolute Gasteiger partial charge is 0.383 e. The highest BCUT2D eigenvalue weighted by Crippen LogP contribution is 2.13. The molecule has 0 aromatic heterocycles. The summed E-state index contributed by atoms with van der Waals surface area (Å²) in [4.78, 5) is 13.7. The number of nitrogens with zero attached hydrogens (tertiary/aromatic N) is 1. The Morgan fingerprint density at radius 3 is 2.83 bits per heavy atom. The smallest absolute Gasteiger partial charge is 0.238 e. The molecule has 0 saturated carbocycles. The molecule has 0 saturated heterocycles. The minimum atomic E-state index is -0.0468. The number of hydrogen-bond acceptors (Lipinski definition) is 4. The van der Waals surface area contributed by atoms with Crippen molar-refractivity contribution in [1.29, 1.82) is 0 Å². The summed E-state index contributed by atoms with van der Waals surface area (Å²) in [6.45, 7) is 2.09. The van der Waals surface area contributed by atoms with Gasteiger partial charge in [0.15, 0.2) is 0 Å². The van der Waals surface area contributed by atoms with Crippen LogP contribution in [-0.4, -0.2) is 44.7 Å². The van der Waals surface area contributed by atoms with Crippen LogP contribution in [0.1, 0.15) is 5.56 Å². The molecule has 3 N–H and O–H groups in total. The van der Waals surface area contributed by atoms with E-state index in [4.69, 9.17) is 10.5 Å². The predicted octanol–water partition coefficient (Wildman–Crippen LogP) is 0.662. The van der Waals surface area contributed by atoms with Gasteiger partial charge < -0.3 is 15.8 Å². The van der Waals surface area contributed by atoms with Gasteiger partial charge in [-0.05, 0) is 18.7 Å². The van der Waals surface area contributed by atoms with E-state index < -0.39 is 0 Å². The Bertz CT molecular complexity index is 382. The third kappa shape index (κ3) is 4.83. The van der Waals surface area contributed by atoms with Crippen molar-refractivity contribution in [2.24, 2.45) is 5.73 Å². The molecule has 1 amide bonds. The number of carbonyl (C=O) groups excluding carboxylic acids is 1. The third-order valence-electron chi connectivity index (χ3n) is 2.60. The van der Waals surface area contributed by atoms with Crippen molar-refractivity contribution in [3.8, 4) is 0 Å². The molecule has 0 fully saturated rings. The minimum Gasteiger partial charge on any atom is -0.383 e. The molecule has 1 rings (SSSR count). The van der Waals surface area contributed by atoms with Gasteiger partial charge in [0.2, 0.25) is 5.91 Å². The quantitative estimate of drug-likeness (QED) is 0.747. The summed E-state index contributed by atoms with van der Waals surface area (Å²) in [5, 5.41) is 2.87. The van der Waals surface area contributed by atoms with Crippen LogP contribution >= 0.6 is 0 Å². The molecule has 5 nitrogen and oxygen atoms in total. The Morgan fingerprint density at radius 2 is 2.17 bits per heavy atom. The number of nitrogens with one attached hydrogen (secondary N) is 1. The summed E-state index contributed by atoms with van der Waals surface area (Å²) in [6, 6.07) is 7.55. The van der Waals surface area contributed by atoms with Crippen molar-refractivity contribution in [1.82, 2.24) is 4.90 Å². The number of nitrogens with two attached hydrogens (primary N) is 1. The molecular formula is C13H21N3O2. The molecule has 0 aliphatic rings. The molecule has 0 aliphatic heterocycles. The first-order valence-electron chi connectivity index (χ1n) is 5.92. The van der Waals surface area contributed by atoms with Crippen LogP contribution < -0.4 is 11.1 Å². The molecule has 0 bridgehead atoms. The van der Waals surface area contributed by atoms with E-state index in [1.165, 1.54) is 0 Å². The fourth-order valence-electron chi connectivity index (χ4n) is 1.58. The number of carbonyl (C=O) groups is 1. The van der Waals surface area contributed by atoms with Crippen LogP contribution in [0.25, 0.3) is 0 Å². The molecule has 1 aromatic rings. The number of ether oxygens (including phenoxy) is 1. The molecule has 0 atom stereocenters. The molecule has 100 valence electrons. The lowest BCUT2D eigenvalue weighted by molar-refractivity contribution is -0.117. The van der Waals surface area contributed by atoms with Gasteiger partial charge >= 0.3 is 0 Å². The van der Waals surface area contributed by atoms with Gasteiger partial charge in [0.1, 0.15) is 0 Å². The summed E-state index contributed by atoms with van der Waals surface area (Å²) in [7, 11) is 3.53. The second-order valence-electron chi connectivity index (χ2n) is 4.14. The molecular weight excluding hydrogens is 230 g/mol. The summed E-state index contributed by atoms with van der Waals surface area (Å²) in [5.41, 5.74) is 7.33. The van der Waals surface area contributed by atoms with E-state index in [0.717, 1.165) is 17.8 Å². The lowest BCUT2D eigenvalue weighted by Crippen LogP contribution is -2.32. The van der Waals surface area contributed by atoms with Gasteiger partial charge in [-0.25, -0.2) is 0 Å². The second kappa shape index (κ2) is 7.81. The van der Waals surface area contributed by atoms with Gasteiger partial charge in [0.25, 0.3) is 0 Å². The topological polar surface area (TPSA) is 67.6 Å². The molecule has 1 aromatic carbocycles. The van der Waals surface area contributed by atoms with E-state index in [1.54, 1.807) is 7.11 Å². The van der Waals surface area contributed by atoms with Crippen LogP contribution in [0.3, 0.4) is 0 Å². The van der Waals surface area contributed by atoms with E-state index in [0.29, 0.717) is 19.7 Å². The molecule has 0 unspecified atom stereocenters. The lowest BCUT2D eigenvalue weighted by Gasteiger charge is -2.16. The van der Waals surface area contributed by atoms with Crippen LogP contribution in [-0.2, 0) is 16.1 Å². The van der Waals surface area contributed by atoms with Crippen molar-refractivity contribution in [2.75, 3.05) is 39.2 Å². The van der Waals surface area contributed by atoms with E-state index >= 15 is 0 Å². The van der Waals surface area contributed by atoms with Gasteiger partial charge in [-0.15, -0.1) is 0 Å². The zero-order valence-corrected chi connectivity index (χ0v) is 11.0. The highest BCUT2D eigenvalue weighted by atomic mass is 16.5. The number of amides is 1. The fourth-order valence-corrected chi connectivity index (χ4v) is 1.58. The lowest BCUT2D eigenvalue weighted by atomic mass is 10.2. The van der Waals surface area contributed by atoms with Gasteiger partial charge in [0, 0.05) is 25.9 Å². The summed E-state index contributed by atoms with van der Waals surface area (Å²) in [5.74, 6) is -0.0468. The van der Waals surface area contributed by atoms with Crippen LogP contribution in [0.4, 0.5) is 5.69 Å². The van der Waals surface area contributed by atoms with E-state index in [1.807, 2.05) is 36.2 Å². The Kier molecular flexibility index (Phi) is 6.35. The number of benzene rings is 1. The number of likely N-dealkylation sites (N-methyl/N-ethyl adjacent to an activating group) is 1. The second-order valence-corrected chi connectivity index (χ2v) is 4.14. The highest BCUT2D eigenvalue weighted by Gasteiger charge is 2.08. The molecule has 0 radical (unpaired) electrons. The summed E-state index contributed by atoms with van der Waals surface area (Å²) in [6.07, 6.45) is 0. The normalized spacial score (nSPS) is 10.7. The van der Waals surface area contributed by atoms with E-state index in [9.17, 15) is 4.79 Å². The Hall–Kier alpha value is -1.43. The maximum Gasteiger partial charge on any atom is 0.238 e. The molecule has 18 heavy (non-hydrogen) atoms. The maximum absolute atomic E-state index is 11.8. The third-order valence-corrected chi connectivity index (χ3v) is 2.60. The Labute approximate surface area is 108 Å². The van der Waals surface area contributed by atoms with Crippen LogP contribution in [0.5, 0.6) is 0 Å². The van der Waals surface area contributed by atoms with E-state index in [-0.39, 0.29) is 5.91 Å². The van der Waals surface area contributed by atoms with Crippen molar-refractivity contribution in [3.63, 3.8) is 0 Å². The number of rotatable bonds is 7.